The summed E-state index contributed by atoms with van der Waals surface area (Å²) in [5.74, 6) is 0.672. The van der Waals surface area contributed by atoms with Gasteiger partial charge in [0.05, 0.1) is 12.7 Å². The third-order valence-electron chi connectivity index (χ3n) is 6.65. The normalized spacial score (nSPS) is 16.6. The van der Waals surface area contributed by atoms with Crippen molar-refractivity contribution in [1.29, 1.82) is 0 Å². The fourth-order valence-electron chi connectivity index (χ4n) is 4.63. The number of carbonyl (C=O) groups excluding carboxylic acids is 2. The van der Waals surface area contributed by atoms with Crippen LogP contribution in [0.5, 0.6) is 17.2 Å². The van der Waals surface area contributed by atoms with Gasteiger partial charge in [-0.2, -0.15) is 5.10 Å². The number of aliphatic imine (C=N–C) groups is 1. The summed E-state index contributed by atoms with van der Waals surface area (Å²) in [5.41, 5.74) is 2.38. The van der Waals surface area contributed by atoms with E-state index in [0.29, 0.717) is 30.1 Å². The van der Waals surface area contributed by atoms with Gasteiger partial charge < -0.3 is 30.0 Å². The summed E-state index contributed by atoms with van der Waals surface area (Å²) in [7, 11) is 1.48. The Balaban J connectivity index is 1.30. The summed E-state index contributed by atoms with van der Waals surface area (Å²) in [4.78, 5) is 29.0. The smallest absolute Gasteiger partial charge is 0.407 e. The Bertz CT molecular complexity index is 1340. The van der Waals surface area contributed by atoms with Gasteiger partial charge in [-0.3, -0.25) is 14.9 Å². The largest absolute Gasteiger partial charge is 0.507 e. The van der Waals surface area contributed by atoms with Gasteiger partial charge in [-0.25, -0.2) is 4.79 Å². The molecule has 11 heteroatoms. The SMILES string of the molecule is COc1cc(O)c(C=NCCc2ccccc2)c(OCC(=O)Nc2cc(C3CC[C@@H](OC(=O)NC(C)C)C3)[nH]n2)c1. The zero-order valence-corrected chi connectivity index (χ0v) is 23.6. The van der Waals surface area contributed by atoms with Gasteiger partial charge in [0, 0.05) is 48.6 Å². The zero-order valence-electron chi connectivity index (χ0n) is 23.6. The first-order valence-electron chi connectivity index (χ1n) is 13.7. The minimum atomic E-state index is -0.421. The highest BCUT2D eigenvalue weighted by Crippen LogP contribution is 2.36. The summed E-state index contributed by atoms with van der Waals surface area (Å²) in [5, 5.41) is 23.2. The number of ether oxygens (including phenoxy) is 3. The fraction of sp³-hybridized carbons (Fsp3) is 0.400. The van der Waals surface area contributed by atoms with E-state index in [9.17, 15) is 14.7 Å². The van der Waals surface area contributed by atoms with Crippen LogP contribution in [0.25, 0.3) is 0 Å². The molecular weight excluding hydrogens is 526 g/mol. The number of aromatic amines is 1. The highest BCUT2D eigenvalue weighted by atomic mass is 16.6. The molecule has 2 atom stereocenters. The van der Waals surface area contributed by atoms with E-state index in [1.165, 1.54) is 19.4 Å². The lowest BCUT2D eigenvalue weighted by molar-refractivity contribution is -0.118. The van der Waals surface area contributed by atoms with Gasteiger partial charge in [-0.15, -0.1) is 0 Å². The second-order valence-electron chi connectivity index (χ2n) is 10.2. The van der Waals surface area contributed by atoms with Gasteiger partial charge in [0.2, 0.25) is 0 Å². The van der Waals surface area contributed by atoms with E-state index in [2.05, 4.69) is 25.8 Å². The average molecular weight is 564 g/mol. The number of anilines is 1. The van der Waals surface area contributed by atoms with Crippen LogP contribution in [-0.2, 0) is 16.0 Å². The van der Waals surface area contributed by atoms with Gasteiger partial charge in [-0.05, 0) is 45.1 Å². The lowest BCUT2D eigenvalue weighted by atomic mass is 10.0. The maximum atomic E-state index is 12.7. The molecule has 4 rings (SSSR count). The van der Waals surface area contributed by atoms with Crippen molar-refractivity contribution in [2.24, 2.45) is 4.99 Å². The van der Waals surface area contributed by atoms with Crippen molar-refractivity contribution in [3.05, 3.63) is 65.4 Å². The van der Waals surface area contributed by atoms with Crippen molar-refractivity contribution < 1.29 is 28.9 Å². The minimum Gasteiger partial charge on any atom is -0.507 e. The van der Waals surface area contributed by atoms with Crippen LogP contribution in [0.1, 0.15) is 55.8 Å². The van der Waals surface area contributed by atoms with Crippen LogP contribution in [0.4, 0.5) is 10.6 Å². The Labute approximate surface area is 239 Å². The molecule has 0 bridgehead atoms. The third-order valence-corrected chi connectivity index (χ3v) is 6.65. The van der Waals surface area contributed by atoms with E-state index in [-0.39, 0.29) is 36.2 Å². The topological polar surface area (TPSA) is 147 Å². The number of nitrogens with zero attached hydrogens (tertiary/aromatic N) is 2. The molecule has 1 fully saturated rings. The number of benzene rings is 2. The zero-order chi connectivity index (χ0) is 29.2. The lowest BCUT2D eigenvalue weighted by Gasteiger charge is -2.14. The summed E-state index contributed by atoms with van der Waals surface area (Å²) < 4.78 is 16.5. The van der Waals surface area contributed by atoms with E-state index >= 15 is 0 Å². The number of rotatable bonds is 12. The van der Waals surface area contributed by atoms with Gasteiger partial charge >= 0.3 is 6.09 Å². The second-order valence-corrected chi connectivity index (χ2v) is 10.2. The first-order chi connectivity index (χ1) is 19.8. The highest BCUT2D eigenvalue weighted by Gasteiger charge is 2.30. The van der Waals surface area contributed by atoms with E-state index in [0.717, 1.165) is 30.5 Å². The molecule has 1 heterocycles. The van der Waals surface area contributed by atoms with Gasteiger partial charge in [0.25, 0.3) is 5.91 Å². The second kappa shape index (κ2) is 14.2. The van der Waals surface area contributed by atoms with Crippen LogP contribution in [0.15, 0.2) is 53.5 Å². The van der Waals surface area contributed by atoms with Gasteiger partial charge in [-0.1, -0.05) is 30.3 Å². The molecule has 0 aliphatic heterocycles. The predicted molar refractivity (Wildman–Crippen MR) is 155 cm³/mol. The number of amides is 2. The molecule has 1 saturated carbocycles. The molecule has 0 saturated heterocycles. The van der Waals surface area contributed by atoms with Crippen molar-refractivity contribution in [2.75, 3.05) is 25.6 Å². The average Bonchev–Trinajstić information content (AvgIpc) is 3.60. The molecular formula is C30H37N5O6. The Hall–Kier alpha value is -4.54. The Kier molecular flexibility index (Phi) is 10.2. The molecule has 1 unspecified atom stereocenters. The summed E-state index contributed by atoms with van der Waals surface area (Å²) in [6.45, 7) is 3.97. The number of H-pyrrole nitrogens is 1. The fourth-order valence-corrected chi connectivity index (χ4v) is 4.63. The van der Waals surface area contributed by atoms with Crippen molar-refractivity contribution >= 4 is 24.0 Å². The first kappa shape index (κ1) is 29.4. The van der Waals surface area contributed by atoms with Crippen molar-refractivity contribution in [3.63, 3.8) is 0 Å². The molecule has 4 N–H and O–H groups in total. The Morgan fingerprint density at radius 2 is 2.00 bits per heavy atom. The highest BCUT2D eigenvalue weighted by molar-refractivity contribution is 5.92. The summed E-state index contributed by atoms with van der Waals surface area (Å²) >= 11 is 0. The number of nitrogens with one attached hydrogen (secondary N) is 3. The van der Waals surface area contributed by atoms with Crippen LogP contribution in [-0.4, -0.2) is 65.9 Å². The van der Waals surface area contributed by atoms with Crippen LogP contribution in [0.2, 0.25) is 0 Å². The summed E-state index contributed by atoms with van der Waals surface area (Å²) in [6, 6.07) is 14.8. The Morgan fingerprint density at radius 1 is 1.20 bits per heavy atom. The minimum absolute atomic E-state index is 0.0155. The molecule has 41 heavy (non-hydrogen) atoms. The number of methoxy groups -OCH3 is 1. The number of aromatic hydroxyl groups is 1. The first-order valence-corrected chi connectivity index (χ1v) is 13.7. The Morgan fingerprint density at radius 3 is 2.76 bits per heavy atom. The number of hydrogen-bond donors (Lipinski definition) is 4. The van der Waals surface area contributed by atoms with E-state index in [1.807, 2.05) is 44.2 Å². The van der Waals surface area contributed by atoms with Crippen LogP contribution in [0, 0.1) is 0 Å². The lowest BCUT2D eigenvalue weighted by Crippen LogP contribution is -2.33. The number of alkyl carbamates (subject to hydrolysis) is 1. The number of carbonyl (C=O) groups is 2. The molecule has 1 aliphatic carbocycles. The number of phenols is 1. The van der Waals surface area contributed by atoms with Crippen molar-refractivity contribution in [3.8, 4) is 17.2 Å². The van der Waals surface area contributed by atoms with Crippen LogP contribution in [0.3, 0.4) is 0 Å². The van der Waals surface area contributed by atoms with Crippen molar-refractivity contribution in [2.45, 2.75) is 57.6 Å². The number of aromatic nitrogens is 2. The predicted octanol–water partition coefficient (Wildman–Crippen LogP) is 4.57. The molecule has 2 aromatic carbocycles. The molecule has 0 spiro atoms. The van der Waals surface area contributed by atoms with Crippen LogP contribution >= 0.6 is 0 Å². The van der Waals surface area contributed by atoms with Gasteiger partial charge in [0.1, 0.15) is 23.4 Å². The maximum Gasteiger partial charge on any atom is 0.407 e. The molecule has 11 nitrogen and oxygen atoms in total. The van der Waals surface area contributed by atoms with E-state index in [4.69, 9.17) is 14.2 Å². The van der Waals surface area contributed by atoms with Crippen molar-refractivity contribution in [1.82, 2.24) is 15.5 Å². The summed E-state index contributed by atoms with van der Waals surface area (Å²) in [6.07, 6.45) is 4.00. The maximum absolute atomic E-state index is 12.7. The van der Waals surface area contributed by atoms with E-state index < -0.39 is 12.0 Å². The molecule has 1 aliphatic rings. The van der Waals surface area contributed by atoms with E-state index in [1.54, 1.807) is 12.1 Å². The molecule has 3 aromatic rings. The molecule has 0 radical (unpaired) electrons. The monoisotopic (exact) mass is 563 g/mol. The van der Waals surface area contributed by atoms with Gasteiger partial charge in [0.15, 0.2) is 12.4 Å². The quantitative estimate of drug-likeness (QED) is 0.236. The molecule has 1 aromatic heterocycles. The third kappa shape index (κ3) is 8.72. The molecule has 218 valence electrons. The standard InChI is InChI=1S/C30H37N5O6/c1-19(2)32-30(38)41-22-10-9-21(13-22)25-16-28(35-34-25)33-29(37)18-40-27-15-23(39-3)14-26(36)24(27)17-31-12-11-20-7-5-4-6-8-20/h4-8,14-17,19,21-22,36H,9-13,18H2,1-3H3,(H,32,38)(H2,33,34,35,37)/t21?,22-/m1/s1. The van der Waals surface area contributed by atoms with Crippen LogP contribution < -0.4 is 20.1 Å². The number of phenolic OH excluding ortho intramolecular Hbond substituents is 1. The molecule has 2 amide bonds. The number of hydrogen-bond acceptors (Lipinski definition) is 8.